The summed E-state index contributed by atoms with van der Waals surface area (Å²) >= 11 is 0. The van der Waals surface area contributed by atoms with E-state index in [2.05, 4.69) is 0 Å². The molecule has 0 bridgehead atoms. The molecule has 0 fully saturated rings. The highest BCUT2D eigenvalue weighted by Crippen LogP contribution is 2.11. The molecule has 0 saturated carbocycles. The van der Waals surface area contributed by atoms with E-state index in [9.17, 15) is 9.59 Å². The molecular weight excluding hydrogens is 204 g/mol. The maximum Gasteiger partial charge on any atom is 0.331 e. The lowest BCUT2D eigenvalue weighted by Crippen LogP contribution is -2.13. The van der Waals surface area contributed by atoms with Crippen LogP contribution in [0.15, 0.2) is 12.2 Å². The van der Waals surface area contributed by atoms with Gasteiger partial charge in [-0.3, -0.25) is 4.79 Å². The molecule has 3 heteroatoms. The number of allylic oxidation sites excluding steroid dienone is 1. The first kappa shape index (κ1) is 12.9. The first-order valence-electron chi connectivity index (χ1n) is 6.10. The predicted octanol–water partition coefficient (Wildman–Crippen LogP) is 2.79. The molecule has 0 aliphatic carbocycles. The summed E-state index contributed by atoms with van der Waals surface area (Å²) in [5.74, 6) is -0.385. The molecular formula is C13H20O3. The third-order valence-corrected chi connectivity index (χ3v) is 2.76. The van der Waals surface area contributed by atoms with Crippen molar-refractivity contribution >= 4 is 11.8 Å². The van der Waals surface area contributed by atoms with Gasteiger partial charge in [-0.25, -0.2) is 4.79 Å². The van der Waals surface area contributed by atoms with E-state index in [1.54, 1.807) is 0 Å². The highest BCUT2D eigenvalue weighted by atomic mass is 16.5. The summed E-state index contributed by atoms with van der Waals surface area (Å²) < 4.78 is 5.13. The van der Waals surface area contributed by atoms with Gasteiger partial charge in [0.15, 0.2) is 5.78 Å². The van der Waals surface area contributed by atoms with Gasteiger partial charge >= 0.3 is 5.97 Å². The number of hydrogen-bond acceptors (Lipinski definition) is 3. The number of ether oxygens (including phenoxy) is 1. The van der Waals surface area contributed by atoms with E-state index in [0.717, 1.165) is 38.5 Å². The average Bonchev–Trinajstić information content (AvgIpc) is 2.25. The molecule has 0 aromatic carbocycles. The summed E-state index contributed by atoms with van der Waals surface area (Å²) in [5.41, 5.74) is 0. The summed E-state index contributed by atoms with van der Waals surface area (Å²) in [4.78, 5) is 22.6. The Bertz CT molecular complexity index is 268. The molecule has 90 valence electrons. The van der Waals surface area contributed by atoms with Crippen LogP contribution in [0.3, 0.4) is 0 Å². The molecule has 1 atom stereocenters. The highest BCUT2D eigenvalue weighted by Gasteiger charge is 2.08. The minimum absolute atomic E-state index is 0.0175. The van der Waals surface area contributed by atoms with Crippen molar-refractivity contribution < 1.29 is 14.3 Å². The van der Waals surface area contributed by atoms with Gasteiger partial charge < -0.3 is 4.74 Å². The quantitative estimate of drug-likeness (QED) is 0.594. The number of hydrogen-bond donors (Lipinski definition) is 0. The van der Waals surface area contributed by atoms with Crippen LogP contribution in [0.1, 0.15) is 51.9 Å². The first-order chi connectivity index (χ1) is 7.68. The van der Waals surface area contributed by atoms with Gasteiger partial charge in [0.2, 0.25) is 0 Å². The van der Waals surface area contributed by atoms with Gasteiger partial charge in [-0.1, -0.05) is 19.3 Å². The SMILES string of the molecule is CC1CCCCCCCC(=O)/C=C\C(=O)O1. The fourth-order valence-electron chi connectivity index (χ4n) is 1.80. The van der Waals surface area contributed by atoms with Crippen molar-refractivity contribution in [2.75, 3.05) is 0 Å². The molecule has 16 heavy (non-hydrogen) atoms. The Labute approximate surface area is 96.9 Å². The lowest BCUT2D eigenvalue weighted by molar-refractivity contribution is -0.142. The minimum atomic E-state index is -0.403. The first-order valence-corrected chi connectivity index (χ1v) is 6.10. The van der Waals surface area contributed by atoms with Gasteiger partial charge in [-0.2, -0.15) is 0 Å². The van der Waals surface area contributed by atoms with Crippen LogP contribution in [-0.2, 0) is 14.3 Å². The van der Waals surface area contributed by atoms with E-state index in [1.807, 2.05) is 6.92 Å². The molecule has 1 unspecified atom stereocenters. The van der Waals surface area contributed by atoms with Crippen molar-refractivity contribution in [2.45, 2.75) is 58.0 Å². The van der Waals surface area contributed by atoms with E-state index in [-0.39, 0.29) is 11.9 Å². The standard InChI is InChI=1S/C13H20O3/c1-11-7-5-3-2-4-6-8-12(14)9-10-13(15)16-11/h9-11H,2-8H2,1H3/b10-9-. The molecule has 0 aromatic heterocycles. The molecule has 0 saturated heterocycles. The number of carbonyl (C=O) groups excluding carboxylic acids is 2. The van der Waals surface area contributed by atoms with Crippen molar-refractivity contribution in [1.29, 1.82) is 0 Å². The zero-order valence-corrected chi connectivity index (χ0v) is 9.91. The maximum absolute atomic E-state index is 11.3. The Balaban J connectivity index is 2.49. The second kappa shape index (κ2) is 7.20. The highest BCUT2D eigenvalue weighted by molar-refractivity contribution is 5.95. The zero-order valence-electron chi connectivity index (χ0n) is 9.91. The van der Waals surface area contributed by atoms with Crippen LogP contribution in [-0.4, -0.2) is 17.9 Å². The molecule has 0 aromatic rings. The third-order valence-electron chi connectivity index (χ3n) is 2.76. The van der Waals surface area contributed by atoms with Crippen LogP contribution in [0.4, 0.5) is 0 Å². The van der Waals surface area contributed by atoms with E-state index >= 15 is 0 Å². The topological polar surface area (TPSA) is 43.4 Å². The molecule has 1 rings (SSSR count). The monoisotopic (exact) mass is 224 g/mol. The predicted molar refractivity (Wildman–Crippen MR) is 62.0 cm³/mol. The molecule has 1 aliphatic rings. The van der Waals surface area contributed by atoms with E-state index in [4.69, 9.17) is 4.74 Å². The van der Waals surface area contributed by atoms with Crippen LogP contribution in [0.2, 0.25) is 0 Å². The Morgan fingerprint density at radius 1 is 1.06 bits per heavy atom. The van der Waals surface area contributed by atoms with Crippen molar-refractivity contribution in [2.24, 2.45) is 0 Å². The molecule has 0 spiro atoms. The van der Waals surface area contributed by atoms with Crippen LogP contribution in [0.25, 0.3) is 0 Å². The van der Waals surface area contributed by atoms with Gasteiger partial charge in [0.25, 0.3) is 0 Å². The molecule has 0 amide bonds. The summed E-state index contributed by atoms with van der Waals surface area (Å²) in [7, 11) is 0. The number of esters is 1. The third kappa shape index (κ3) is 5.69. The average molecular weight is 224 g/mol. The van der Waals surface area contributed by atoms with Gasteiger partial charge in [0.1, 0.15) is 0 Å². The van der Waals surface area contributed by atoms with Gasteiger partial charge in [0.05, 0.1) is 6.10 Å². The van der Waals surface area contributed by atoms with Crippen LogP contribution in [0.5, 0.6) is 0 Å². The minimum Gasteiger partial charge on any atom is -0.460 e. The number of carbonyl (C=O) groups is 2. The number of cyclic esters (lactones) is 1. The normalized spacial score (nSPS) is 27.2. The molecule has 3 nitrogen and oxygen atoms in total. The fourth-order valence-corrected chi connectivity index (χ4v) is 1.80. The lowest BCUT2D eigenvalue weighted by atomic mass is 10.1. The van der Waals surface area contributed by atoms with Gasteiger partial charge in [-0.05, 0) is 32.3 Å². The Morgan fingerprint density at radius 3 is 2.56 bits per heavy atom. The Kier molecular flexibility index (Phi) is 5.83. The van der Waals surface area contributed by atoms with E-state index in [0.29, 0.717) is 6.42 Å². The van der Waals surface area contributed by atoms with Gasteiger partial charge in [0, 0.05) is 12.5 Å². The van der Waals surface area contributed by atoms with E-state index in [1.165, 1.54) is 12.2 Å². The molecule has 0 N–H and O–H groups in total. The Morgan fingerprint density at radius 2 is 1.75 bits per heavy atom. The van der Waals surface area contributed by atoms with Crippen LogP contribution in [0, 0.1) is 0 Å². The maximum atomic E-state index is 11.3. The van der Waals surface area contributed by atoms with Crippen molar-refractivity contribution in [3.63, 3.8) is 0 Å². The lowest BCUT2D eigenvalue weighted by Gasteiger charge is -2.11. The summed E-state index contributed by atoms with van der Waals surface area (Å²) in [5, 5.41) is 0. The fraction of sp³-hybridized carbons (Fsp3) is 0.692. The van der Waals surface area contributed by atoms with Crippen molar-refractivity contribution in [1.82, 2.24) is 0 Å². The smallest absolute Gasteiger partial charge is 0.331 e. The summed E-state index contributed by atoms with van der Waals surface area (Å²) in [6, 6.07) is 0. The Hall–Kier alpha value is -1.12. The molecule has 1 heterocycles. The van der Waals surface area contributed by atoms with Crippen molar-refractivity contribution in [3.05, 3.63) is 12.2 Å². The summed E-state index contributed by atoms with van der Waals surface area (Å²) in [6.07, 6.45) is 9.42. The zero-order chi connectivity index (χ0) is 11.8. The molecule has 0 radical (unpaired) electrons. The van der Waals surface area contributed by atoms with Crippen molar-refractivity contribution in [3.8, 4) is 0 Å². The van der Waals surface area contributed by atoms with Crippen LogP contribution < -0.4 is 0 Å². The largest absolute Gasteiger partial charge is 0.460 e. The second-order valence-corrected chi connectivity index (χ2v) is 4.35. The van der Waals surface area contributed by atoms with Gasteiger partial charge in [-0.15, -0.1) is 0 Å². The molecule has 1 aliphatic heterocycles. The van der Waals surface area contributed by atoms with Crippen LogP contribution >= 0.6 is 0 Å². The number of rotatable bonds is 0. The second-order valence-electron chi connectivity index (χ2n) is 4.35. The number of ketones is 1. The van der Waals surface area contributed by atoms with E-state index < -0.39 is 5.97 Å². The summed E-state index contributed by atoms with van der Waals surface area (Å²) in [6.45, 7) is 1.90.